The molecule has 0 saturated heterocycles. The molecule has 0 rings (SSSR count). The molecule has 12 heavy (non-hydrogen) atoms. The molecule has 0 aromatic heterocycles. The van der Waals surface area contributed by atoms with Crippen LogP contribution in [0.4, 0.5) is 4.79 Å². The first-order chi connectivity index (χ1) is 5.66. The number of ether oxygens (including phenoxy) is 2. The Kier molecular flexibility index (Phi) is 5.72. The average Bonchev–Trinajstić information content (AvgIpc) is 2.03. The first-order valence-corrected chi connectivity index (χ1v) is 3.34. The number of nitrogens with one attached hydrogen (secondary N) is 1. The van der Waals surface area contributed by atoms with Gasteiger partial charge in [-0.2, -0.15) is 0 Å². The molecule has 0 fully saturated rings. The van der Waals surface area contributed by atoms with Crippen molar-refractivity contribution in [3.63, 3.8) is 0 Å². The van der Waals surface area contributed by atoms with Gasteiger partial charge in [-0.3, -0.25) is 4.79 Å². The van der Waals surface area contributed by atoms with Crippen molar-refractivity contribution in [1.82, 2.24) is 5.32 Å². The van der Waals surface area contributed by atoms with Crippen molar-refractivity contribution in [2.75, 3.05) is 26.9 Å². The molecule has 0 spiro atoms. The van der Waals surface area contributed by atoms with Crippen LogP contribution in [0.2, 0.25) is 0 Å². The van der Waals surface area contributed by atoms with Crippen LogP contribution in [0.15, 0.2) is 0 Å². The van der Waals surface area contributed by atoms with E-state index >= 15 is 0 Å². The predicted molar refractivity (Wildman–Crippen MR) is 40.4 cm³/mol. The van der Waals surface area contributed by atoms with E-state index in [4.69, 9.17) is 10.5 Å². The summed E-state index contributed by atoms with van der Waals surface area (Å²) in [5.41, 5.74) is 4.78. The van der Waals surface area contributed by atoms with Gasteiger partial charge in [-0.1, -0.05) is 0 Å². The molecule has 0 aromatic rings. The zero-order valence-corrected chi connectivity index (χ0v) is 6.83. The third kappa shape index (κ3) is 6.81. The summed E-state index contributed by atoms with van der Waals surface area (Å²) in [4.78, 5) is 20.6. The Morgan fingerprint density at radius 3 is 2.67 bits per heavy atom. The van der Waals surface area contributed by atoms with Crippen molar-refractivity contribution in [3.8, 4) is 0 Å². The third-order valence-electron chi connectivity index (χ3n) is 0.945. The Balaban J connectivity index is 3.11. The summed E-state index contributed by atoms with van der Waals surface area (Å²) in [6, 6.07) is 0. The van der Waals surface area contributed by atoms with E-state index in [1.54, 1.807) is 0 Å². The Bertz CT molecular complexity index is 160. The highest BCUT2D eigenvalue weighted by molar-refractivity contribution is 5.74. The van der Waals surface area contributed by atoms with Crippen molar-refractivity contribution in [3.05, 3.63) is 0 Å². The fourth-order valence-electron chi connectivity index (χ4n) is 0.470. The lowest BCUT2D eigenvalue weighted by Crippen LogP contribution is -2.28. The van der Waals surface area contributed by atoms with Gasteiger partial charge >= 0.3 is 6.09 Å². The van der Waals surface area contributed by atoms with E-state index in [2.05, 4.69) is 10.1 Å². The lowest BCUT2D eigenvalue weighted by molar-refractivity contribution is -0.122. The number of alkyl carbamates (subject to hydrolysis) is 1. The summed E-state index contributed by atoms with van der Waals surface area (Å²) < 4.78 is 9.03. The summed E-state index contributed by atoms with van der Waals surface area (Å²) >= 11 is 0. The maximum Gasteiger partial charge on any atom is 0.406 e. The van der Waals surface area contributed by atoms with Gasteiger partial charge in [0, 0.05) is 6.54 Å². The fourth-order valence-corrected chi connectivity index (χ4v) is 0.470. The number of nitrogens with two attached hydrogens (primary N) is 1. The van der Waals surface area contributed by atoms with E-state index in [0.717, 1.165) is 0 Å². The molecule has 70 valence electrons. The minimum atomic E-state index is -0.534. The lowest BCUT2D eigenvalue weighted by atomic mass is 10.6. The molecule has 0 bridgehead atoms. The number of amides is 2. The Morgan fingerprint density at radius 1 is 1.50 bits per heavy atom. The molecule has 0 heterocycles. The van der Waals surface area contributed by atoms with Crippen LogP contribution in [-0.2, 0) is 14.3 Å². The number of primary amides is 1. The number of hydrogen-bond acceptors (Lipinski definition) is 4. The van der Waals surface area contributed by atoms with E-state index in [1.165, 1.54) is 7.11 Å². The minimum Gasteiger partial charge on any atom is -0.453 e. The lowest BCUT2D eigenvalue weighted by Gasteiger charge is -2.02. The molecule has 0 aliphatic rings. The quantitative estimate of drug-likeness (QED) is 0.517. The van der Waals surface area contributed by atoms with Crippen molar-refractivity contribution >= 4 is 12.0 Å². The van der Waals surface area contributed by atoms with Gasteiger partial charge in [0.2, 0.25) is 5.91 Å². The topological polar surface area (TPSA) is 90.7 Å². The second-order valence-electron chi connectivity index (χ2n) is 1.94. The van der Waals surface area contributed by atoms with Crippen molar-refractivity contribution in [2.45, 2.75) is 0 Å². The van der Waals surface area contributed by atoms with Crippen LogP contribution in [0.25, 0.3) is 0 Å². The van der Waals surface area contributed by atoms with Gasteiger partial charge in [-0.15, -0.1) is 0 Å². The molecule has 6 nitrogen and oxygen atoms in total. The van der Waals surface area contributed by atoms with Crippen LogP contribution >= 0.6 is 0 Å². The molecule has 3 N–H and O–H groups in total. The monoisotopic (exact) mass is 176 g/mol. The summed E-state index contributed by atoms with van der Waals surface area (Å²) in [5.74, 6) is -0.534. The highest BCUT2D eigenvalue weighted by Gasteiger charge is 1.97. The molecule has 0 unspecified atom stereocenters. The van der Waals surface area contributed by atoms with E-state index in [0.29, 0.717) is 6.54 Å². The van der Waals surface area contributed by atoms with Gasteiger partial charge in [0.1, 0.15) is 6.61 Å². The van der Waals surface area contributed by atoms with E-state index in [-0.39, 0.29) is 13.2 Å². The van der Waals surface area contributed by atoms with Crippen molar-refractivity contribution in [2.24, 2.45) is 5.73 Å². The number of rotatable bonds is 5. The minimum absolute atomic E-state index is 0.136. The normalized spacial score (nSPS) is 9.08. The molecule has 0 saturated carbocycles. The first kappa shape index (κ1) is 10.7. The molecule has 2 amide bonds. The van der Waals surface area contributed by atoms with Gasteiger partial charge < -0.3 is 20.5 Å². The maximum atomic E-state index is 10.4. The highest BCUT2D eigenvalue weighted by atomic mass is 16.5. The number of methoxy groups -OCH3 is 1. The van der Waals surface area contributed by atoms with Crippen LogP contribution in [-0.4, -0.2) is 38.9 Å². The van der Waals surface area contributed by atoms with Crippen LogP contribution in [0.1, 0.15) is 0 Å². The van der Waals surface area contributed by atoms with Crippen LogP contribution in [0, 0.1) is 0 Å². The van der Waals surface area contributed by atoms with Gasteiger partial charge in [-0.05, 0) is 0 Å². The average molecular weight is 176 g/mol. The first-order valence-electron chi connectivity index (χ1n) is 3.34. The van der Waals surface area contributed by atoms with Crippen molar-refractivity contribution < 1.29 is 19.1 Å². The van der Waals surface area contributed by atoms with Gasteiger partial charge in [0.15, 0.2) is 0 Å². The molecular weight excluding hydrogens is 164 g/mol. The van der Waals surface area contributed by atoms with Crippen molar-refractivity contribution in [1.29, 1.82) is 0 Å². The summed E-state index contributed by atoms with van der Waals surface area (Å²) in [5, 5.41) is 2.37. The summed E-state index contributed by atoms with van der Waals surface area (Å²) in [7, 11) is 1.26. The van der Waals surface area contributed by atoms with Crippen LogP contribution < -0.4 is 11.1 Å². The largest absolute Gasteiger partial charge is 0.453 e. The second-order valence-corrected chi connectivity index (χ2v) is 1.94. The second kappa shape index (κ2) is 6.41. The zero-order chi connectivity index (χ0) is 9.40. The van der Waals surface area contributed by atoms with E-state index in [1.807, 2.05) is 0 Å². The standard InChI is InChI=1S/C6H12N2O4/c1-11-6(10)8-2-3-12-4-5(7)9/h2-4H2,1H3,(H2,7,9)(H,8,10). The van der Waals surface area contributed by atoms with Gasteiger partial charge in [0.05, 0.1) is 13.7 Å². The van der Waals surface area contributed by atoms with Crippen LogP contribution in [0.3, 0.4) is 0 Å². The molecular formula is C6H12N2O4. The van der Waals surface area contributed by atoms with E-state index in [9.17, 15) is 9.59 Å². The van der Waals surface area contributed by atoms with Crippen LogP contribution in [0.5, 0.6) is 0 Å². The Morgan fingerprint density at radius 2 is 2.17 bits per heavy atom. The third-order valence-corrected chi connectivity index (χ3v) is 0.945. The Hall–Kier alpha value is -1.30. The SMILES string of the molecule is COC(=O)NCCOCC(N)=O. The fraction of sp³-hybridized carbons (Fsp3) is 0.667. The number of carbonyl (C=O) groups is 2. The van der Waals surface area contributed by atoms with Gasteiger partial charge in [-0.25, -0.2) is 4.79 Å². The molecule has 0 aliphatic heterocycles. The predicted octanol–water partition coefficient (Wildman–Crippen LogP) is -1.16. The summed E-state index contributed by atoms with van der Waals surface area (Å²) in [6.07, 6.45) is -0.530. The smallest absolute Gasteiger partial charge is 0.406 e. The van der Waals surface area contributed by atoms with Gasteiger partial charge in [0.25, 0.3) is 0 Å². The zero-order valence-electron chi connectivity index (χ0n) is 6.83. The summed E-state index contributed by atoms with van der Waals surface area (Å²) in [6.45, 7) is 0.390. The molecule has 0 aliphatic carbocycles. The molecule has 6 heteroatoms. The number of carbonyl (C=O) groups excluding carboxylic acids is 2. The number of hydrogen-bond donors (Lipinski definition) is 2. The maximum absolute atomic E-state index is 10.4. The molecule has 0 atom stereocenters. The molecule has 0 aromatic carbocycles. The van der Waals surface area contributed by atoms with E-state index < -0.39 is 12.0 Å². The Labute approximate surface area is 70.0 Å². The molecule has 0 radical (unpaired) electrons. The highest BCUT2D eigenvalue weighted by Crippen LogP contribution is 1.74.